The van der Waals surface area contributed by atoms with E-state index in [1.165, 1.54) is 5.39 Å². The summed E-state index contributed by atoms with van der Waals surface area (Å²) in [5, 5.41) is 5.32. The SMILES string of the molecule is CSc1cccc(NC(=O)Cc2ccc3ccccc3c2)c1. The van der Waals surface area contributed by atoms with Crippen LogP contribution in [0.5, 0.6) is 0 Å². The van der Waals surface area contributed by atoms with Crippen molar-refractivity contribution in [2.75, 3.05) is 11.6 Å². The number of carbonyl (C=O) groups excluding carboxylic acids is 1. The Kier molecular flexibility index (Phi) is 4.45. The number of hydrogen-bond donors (Lipinski definition) is 1. The first kappa shape index (κ1) is 14.7. The van der Waals surface area contributed by atoms with E-state index < -0.39 is 0 Å². The van der Waals surface area contributed by atoms with Gasteiger partial charge in [-0.1, -0.05) is 48.5 Å². The third-order valence-electron chi connectivity index (χ3n) is 3.53. The molecule has 1 amide bonds. The molecule has 3 aromatic carbocycles. The van der Waals surface area contributed by atoms with Gasteiger partial charge < -0.3 is 5.32 Å². The second kappa shape index (κ2) is 6.67. The summed E-state index contributed by atoms with van der Waals surface area (Å²) in [4.78, 5) is 13.3. The van der Waals surface area contributed by atoms with Crippen LogP contribution in [0, 0.1) is 0 Å². The number of carbonyl (C=O) groups is 1. The zero-order valence-electron chi connectivity index (χ0n) is 12.4. The largest absolute Gasteiger partial charge is 0.326 e. The Hall–Kier alpha value is -2.26. The molecule has 1 N–H and O–H groups in total. The summed E-state index contributed by atoms with van der Waals surface area (Å²) < 4.78 is 0. The molecular formula is C19H17NOS. The Labute approximate surface area is 134 Å². The summed E-state index contributed by atoms with van der Waals surface area (Å²) in [5.41, 5.74) is 1.87. The Morgan fingerprint density at radius 3 is 2.59 bits per heavy atom. The molecule has 0 aliphatic rings. The first-order valence-electron chi connectivity index (χ1n) is 7.16. The fraction of sp³-hybridized carbons (Fsp3) is 0.105. The predicted molar refractivity (Wildman–Crippen MR) is 94.5 cm³/mol. The van der Waals surface area contributed by atoms with E-state index in [2.05, 4.69) is 29.6 Å². The molecule has 0 radical (unpaired) electrons. The quantitative estimate of drug-likeness (QED) is 0.705. The van der Waals surface area contributed by atoms with Gasteiger partial charge in [0.25, 0.3) is 0 Å². The molecule has 2 nitrogen and oxygen atoms in total. The second-order valence-corrected chi connectivity index (χ2v) is 6.02. The first-order valence-corrected chi connectivity index (χ1v) is 8.39. The van der Waals surface area contributed by atoms with Crippen molar-refractivity contribution in [2.45, 2.75) is 11.3 Å². The van der Waals surface area contributed by atoms with Crippen LogP contribution in [0.15, 0.2) is 71.6 Å². The van der Waals surface area contributed by atoms with E-state index in [-0.39, 0.29) is 5.91 Å². The molecule has 0 saturated heterocycles. The zero-order valence-corrected chi connectivity index (χ0v) is 13.2. The normalized spacial score (nSPS) is 10.6. The third-order valence-corrected chi connectivity index (χ3v) is 4.26. The lowest BCUT2D eigenvalue weighted by atomic mass is 10.0. The van der Waals surface area contributed by atoms with Crippen molar-refractivity contribution in [1.82, 2.24) is 0 Å². The first-order chi connectivity index (χ1) is 10.7. The fourth-order valence-corrected chi connectivity index (χ4v) is 2.90. The highest BCUT2D eigenvalue weighted by Gasteiger charge is 2.05. The van der Waals surface area contributed by atoms with Crippen molar-refractivity contribution < 1.29 is 4.79 Å². The summed E-state index contributed by atoms with van der Waals surface area (Å²) in [5.74, 6) is 0.00790. The molecule has 110 valence electrons. The molecule has 0 unspecified atom stereocenters. The maximum Gasteiger partial charge on any atom is 0.228 e. The van der Waals surface area contributed by atoms with Crippen molar-refractivity contribution in [2.24, 2.45) is 0 Å². The zero-order chi connectivity index (χ0) is 15.4. The van der Waals surface area contributed by atoms with Gasteiger partial charge in [-0.3, -0.25) is 4.79 Å². The van der Waals surface area contributed by atoms with Crippen LogP contribution in [-0.2, 0) is 11.2 Å². The number of rotatable bonds is 4. The fourth-order valence-electron chi connectivity index (χ4n) is 2.44. The highest BCUT2D eigenvalue weighted by molar-refractivity contribution is 7.98. The molecule has 3 aromatic rings. The molecule has 0 spiro atoms. The number of fused-ring (bicyclic) bond motifs is 1. The maximum absolute atomic E-state index is 12.2. The minimum Gasteiger partial charge on any atom is -0.326 e. The average Bonchev–Trinajstić information content (AvgIpc) is 2.55. The highest BCUT2D eigenvalue weighted by atomic mass is 32.2. The molecule has 0 aromatic heterocycles. The number of benzene rings is 3. The van der Waals surface area contributed by atoms with E-state index in [1.807, 2.05) is 48.7 Å². The number of nitrogens with one attached hydrogen (secondary N) is 1. The lowest BCUT2D eigenvalue weighted by Crippen LogP contribution is -2.14. The topological polar surface area (TPSA) is 29.1 Å². The van der Waals surface area contributed by atoms with Crippen molar-refractivity contribution >= 4 is 34.1 Å². The van der Waals surface area contributed by atoms with Gasteiger partial charge in [-0.2, -0.15) is 0 Å². The molecule has 0 bridgehead atoms. The average molecular weight is 307 g/mol. The van der Waals surface area contributed by atoms with Crippen molar-refractivity contribution in [1.29, 1.82) is 0 Å². The standard InChI is InChI=1S/C19H17NOS/c1-22-18-8-4-7-17(13-18)20-19(21)12-14-9-10-15-5-2-3-6-16(15)11-14/h2-11,13H,12H2,1H3,(H,20,21). The highest BCUT2D eigenvalue weighted by Crippen LogP contribution is 2.20. The van der Waals surface area contributed by atoms with Gasteiger partial charge in [0.2, 0.25) is 5.91 Å². The van der Waals surface area contributed by atoms with E-state index in [4.69, 9.17) is 0 Å². The monoisotopic (exact) mass is 307 g/mol. The molecule has 0 atom stereocenters. The maximum atomic E-state index is 12.2. The smallest absolute Gasteiger partial charge is 0.228 e. The predicted octanol–water partition coefficient (Wildman–Crippen LogP) is 4.74. The van der Waals surface area contributed by atoms with Crippen molar-refractivity contribution in [3.63, 3.8) is 0 Å². The number of thioether (sulfide) groups is 1. The van der Waals surface area contributed by atoms with E-state index in [0.29, 0.717) is 6.42 Å². The van der Waals surface area contributed by atoms with Crippen LogP contribution < -0.4 is 5.32 Å². The lowest BCUT2D eigenvalue weighted by Gasteiger charge is -2.07. The van der Waals surface area contributed by atoms with E-state index in [9.17, 15) is 4.79 Å². The van der Waals surface area contributed by atoms with Gasteiger partial charge in [-0.25, -0.2) is 0 Å². The Bertz CT molecular complexity index is 813. The molecule has 3 rings (SSSR count). The molecule has 0 saturated carbocycles. The molecule has 0 fully saturated rings. The number of amides is 1. The Morgan fingerprint density at radius 1 is 0.955 bits per heavy atom. The summed E-state index contributed by atoms with van der Waals surface area (Å²) in [6.45, 7) is 0. The molecular weight excluding hydrogens is 290 g/mol. The summed E-state index contributed by atoms with van der Waals surface area (Å²) in [7, 11) is 0. The van der Waals surface area contributed by atoms with Crippen molar-refractivity contribution in [3.8, 4) is 0 Å². The third kappa shape index (κ3) is 3.49. The summed E-state index contributed by atoms with van der Waals surface area (Å²) in [6.07, 6.45) is 2.41. The number of hydrogen-bond acceptors (Lipinski definition) is 2. The van der Waals surface area contributed by atoms with E-state index in [1.54, 1.807) is 11.8 Å². The minimum atomic E-state index is 0.00790. The molecule has 3 heteroatoms. The van der Waals surface area contributed by atoms with Gasteiger partial charge in [-0.15, -0.1) is 11.8 Å². The molecule has 0 heterocycles. The van der Waals surface area contributed by atoms with Gasteiger partial charge in [0.05, 0.1) is 6.42 Å². The molecule has 22 heavy (non-hydrogen) atoms. The summed E-state index contributed by atoms with van der Waals surface area (Å²) >= 11 is 1.66. The second-order valence-electron chi connectivity index (χ2n) is 5.14. The minimum absolute atomic E-state index is 0.00790. The van der Waals surface area contributed by atoms with Crippen LogP contribution in [0.3, 0.4) is 0 Å². The van der Waals surface area contributed by atoms with Crippen LogP contribution in [-0.4, -0.2) is 12.2 Å². The van der Waals surface area contributed by atoms with Crippen LogP contribution in [0.1, 0.15) is 5.56 Å². The van der Waals surface area contributed by atoms with Crippen LogP contribution in [0.25, 0.3) is 10.8 Å². The van der Waals surface area contributed by atoms with Gasteiger partial charge in [0.15, 0.2) is 0 Å². The van der Waals surface area contributed by atoms with E-state index >= 15 is 0 Å². The molecule has 0 aliphatic heterocycles. The van der Waals surface area contributed by atoms with Gasteiger partial charge in [-0.05, 0) is 40.8 Å². The van der Waals surface area contributed by atoms with E-state index in [0.717, 1.165) is 21.5 Å². The number of anilines is 1. The Balaban J connectivity index is 1.72. The molecule has 0 aliphatic carbocycles. The van der Waals surface area contributed by atoms with Crippen LogP contribution in [0.2, 0.25) is 0 Å². The van der Waals surface area contributed by atoms with Gasteiger partial charge in [0.1, 0.15) is 0 Å². The van der Waals surface area contributed by atoms with Crippen LogP contribution in [0.4, 0.5) is 5.69 Å². The van der Waals surface area contributed by atoms with Gasteiger partial charge in [0, 0.05) is 10.6 Å². The van der Waals surface area contributed by atoms with Gasteiger partial charge >= 0.3 is 0 Å². The summed E-state index contributed by atoms with van der Waals surface area (Å²) in [6, 6.07) is 22.2. The Morgan fingerprint density at radius 2 is 1.77 bits per heavy atom. The lowest BCUT2D eigenvalue weighted by molar-refractivity contribution is -0.115. The van der Waals surface area contributed by atoms with Crippen LogP contribution >= 0.6 is 11.8 Å². The van der Waals surface area contributed by atoms with Crippen molar-refractivity contribution in [3.05, 3.63) is 72.3 Å².